The normalized spacial score (nSPS) is 18.4. The van der Waals surface area contributed by atoms with Gasteiger partial charge in [-0.3, -0.25) is 0 Å². The number of ether oxygens (including phenoxy) is 2. The summed E-state index contributed by atoms with van der Waals surface area (Å²) < 4.78 is 11.4. The van der Waals surface area contributed by atoms with Crippen LogP contribution in [0.15, 0.2) is 18.2 Å². The summed E-state index contributed by atoms with van der Waals surface area (Å²) in [6.45, 7) is 6.71. The summed E-state index contributed by atoms with van der Waals surface area (Å²) in [5.41, 5.74) is 1.18. The first-order valence-electron chi connectivity index (χ1n) is 7.91. The Labute approximate surface area is 133 Å². The Morgan fingerprint density at radius 1 is 1.43 bits per heavy atom. The zero-order valence-electron chi connectivity index (χ0n) is 13.0. The topological polar surface area (TPSA) is 30.5 Å². The maximum absolute atomic E-state index is 6.27. The van der Waals surface area contributed by atoms with Crippen LogP contribution < -0.4 is 10.1 Å². The van der Waals surface area contributed by atoms with Crippen molar-refractivity contribution in [2.45, 2.75) is 58.2 Å². The number of nitrogens with one attached hydrogen (secondary N) is 1. The van der Waals surface area contributed by atoms with Gasteiger partial charge in [-0.2, -0.15) is 0 Å². The van der Waals surface area contributed by atoms with Crippen LogP contribution in [0.1, 0.15) is 45.1 Å². The summed E-state index contributed by atoms with van der Waals surface area (Å²) in [4.78, 5) is 0. The standard InChI is InChI=1S/C17H26ClNO2/c1-13(2)19-12-14-7-8-17(16(18)11-14)21-10-4-6-15-5-3-9-20-15/h7-8,11,13,15,19H,3-6,9-10,12H2,1-2H3. The molecule has 0 aromatic heterocycles. The van der Waals surface area contributed by atoms with Gasteiger partial charge in [0.15, 0.2) is 0 Å². The molecule has 1 unspecified atom stereocenters. The number of halogens is 1. The molecular weight excluding hydrogens is 286 g/mol. The molecule has 0 saturated carbocycles. The highest BCUT2D eigenvalue weighted by Crippen LogP contribution is 2.26. The van der Waals surface area contributed by atoms with Crippen molar-refractivity contribution in [2.24, 2.45) is 0 Å². The second kappa shape index (κ2) is 8.62. The van der Waals surface area contributed by atoms with E-state index in [0.717, 1.165) is 31.7 Å². The van der Waals surface area contributed by atoms with Gasteiger partial charge in [0.25, 0.3) is 0 Å². The number of hydrogen-bond acceptors (Lipinski definition) is 3. The lowest BCUT2D eigenvalue weighted by atomic mass is 10.1. The Kier molecular flexibility index (Phi) is 6.81. The smallest absolute Gasteiger partial charge is 0.137 e. The van der Waals surface area contributed by atoms with Crippen molar-refractivity contribution in [3.63, 3.8) is 0 Å². The molecular formula is C17H26ClNO2. The predicted octanol–water partition coefficient (Wildman–Crippen LogP) is 4.18. The van der Waals surface area contributed by atoms with Gasteiger partial charge in [0.1, 0.15) is 5.75 Å². The molecule has 1 atom stereocenters. The van der Waals surface area contributed by atoms with Crippen LogP contribution in [-0.2, 0) is 11.3 Å². The van der Waals surface area contributed by atoms with Crippen LogP contribution in [-0.4, -0.2) is 25.4 Å². The van der Waals surface area contributed by atoms with E-state index < -0.39 is 0 Å². The highest BCUT2D eigenvalue weighted by Gasteiger charge is 2.14. The minimum Gasteiger partial charge on any atom is -0.492 e. The quantitative estimate of drug-likeness (QED) is 0.731. The summed E-state index contributed by atoms with van der Waals surface area (Å²) in [6.07, 6.45) is 4.92. The highest BCUT2D eigenvalue weighted by molar-refractivity contribution is 6.32. The van der Waals surface area contributed by atoms with Crippen LogP contribution in [0.25, 0.3) is 0 Å². The maximum atomic E-state index is 6.27. The molecule has 0 bridgehead atoms. The van der Waals surface area contributed by atoms with Crippen LogP contribution in [0.3, 0.4) is 0 Å². The zero-order chi connectivity index (χ0) is 15.1. The van der Waals surface area contributed by atoms with Gasteiger partial charge >= 0.3 is 0 Å². The molecule has 1 aliphatic heterocycles. The largest absolute Gasteiger partial charge is 0.492 e. The Hall–Kier alpha value is -0.770. The Bertz CT molecular complexity index is 431. The third-order valence-corrected chi connectivity index (χ3v) is 3.96. The van der Waals surface area contributed by atoms with Crippen molar-refractivity contribution >= 4 is 11.6 Å². The average Bonchev–Trinajstić information content (AvgIpc) is 2.96. The molecule has 21 heavy (non-hydrogen) atoms. The number of benzene rings is 1. The summed E-state index contributed by atoms with van der Waals surface area (Å²) in [7, 11) is 0. The van der Waals surface area contributed by atoms with Crippen molar-refractivity contribution < 1.29 is 9.47 Å². The Morgan fingerprint density at radius 3 is 2.95 bits per heavy atom. The molecule has 0 spiro atoms. The third kappa shape index (κ3) is 5.85. The van der Waals surface area contributed by atoms with Crippen LogP contribution in [0, 0.1) is 0 Å². The molecule has 118 valence electrons. The van der Waals surface area contributed by atoms with Gasteiger partial charge in [-0.15, -0.1) is 0 Å². The second-order valence-corrected chi connectivity index (χ2v) is 6.33. The molecule has 1 aromatic carbocycles. The van der Waals surface area contributed by atoms with Crippen LogP contribution in [0.2, 0.25) is 5.02 Å². The number of hydrogen-bond donors (Lipinski definition) is 1. The number of rotatable bonds is 8. The molecule has 1 fully saturated rings. The maximum Gasteiger partial charge on any atom is 0.137 e. The fourth-order valence-electron chi connectivity index (χ4n) is 2.46. The van der Waals surface area contributed by atoms with Gasteiger partial charge in [-0.1, -0.05) is 31.5 Å². The lowest BCUT2D eigenvalue weighted by Gasteiger charge is -2.12. The summed E-state index contributed by atoms with van der Waals surface area (Å²) >= 11 is 6.27. The molecule has 1 aromatic rings. The molecule has 1 aliphatic rings. The van der Waals surface area contributed by atoms with E-state index in [1.54, 1.807) is 0 Å². The highest BCUT2D eigenvalue weighted by atomic mass is 35.5. The minimum atomic E-state index is 0.438. The van der Waals surface area contributed by atoms with Gasteiger partial charge < -0.3 is 14.8 Å². The molecule has 1 heterocycles. The zero-order valence-corrected chi connectivity index (χ0v) is 13.8. The monoisotopic (exact) mass is 311 g/mol. The summed E-state index contributed by atoms with van der Waals surface area (Å²) in [5, 5.41) is 4.07. The molecule has 1 N–H and O–H groups in total. The van der Waals surface area contributed by atoms with Gasteiger partial charge in [0.05, 0.1) is 17.7 Å². The van der Waals surface area contributed by atoms with Crippen LogP contribution >= 0.6 is 11.6 Å². The fraction of sp³-hybridized carbons (Fsp3) is 0.647. The summed E-state index contributed by atoms with van der Waals surface area (Å²) in [6, 6.07) is 6.48. The lowest BCUT2D eigenvalue weighted by Crippen LogP contribution is -2.21. The van der Waals surface area contributed by atoms with Gasteiger partial charge in [0, 0.05) is 19.2 Å². The van der Waals surface area contributed by atoms with E-state index >= 15 is 0 Å². The first-order valence-corrected chi connectivity index (χ1v) is 8.29. The van der Waals surface area contributed by atoms with Crippen LogP contribution in [0.4, 0.5) is 0 Å². The van der Waals surface area contributed by atoms with Gasteiger partial charge in [0.2, 0.25) is 0 Å². The van der Waals surface area contributed by atoms with E-state index in [0.29, 0.717) is 23.8 Å². The molecule has 0 amide bonds. The SMILES string of the molecule is CC(C)NCc1ccc(OCCCC2CCCO2)c(Cl)c1. The fourth-order valence-corrected chi connectivity index (χ4v) is 2.72. The molecule has 1 saturated heterocycles. The van der Waals surface area contributed by atoms with Crippen molar-refractivity contribution in [3.8, 4) is 5.75 Å². The van der Waals surface area contributed by atoms with Crippen molar-refractivity contribution in [1.29, 1.82) is 0 Å². The first kappa shape index (κ1) is 16.6. The molecule has 0 radical (unpaired) electrons. The van der Waals surface area contributed by atoms with E-state index in [1.807, 2.05) is 12.1 Å². The van der Waals surface area contributed by atoms with Crippen LogP contribution in [0.5, 0.6) is 5.75 Å². The second-order valence-electron chi connectivity index (χ2n) is 5.93. The molecule has 0 aliphatic carbocycles. The average molecular weight is 312 g/mol. The Balaban J connectivity index is 1.72. The first-order chi connectivity index (χ1) is 10.1. The third-order valence-electron chi connectivity index (χ3n) is 3.66. The molecule has 3 nitrogen and oxygen atoms in total. The van der Waals surface area contributed by atoms with E-state index in [-0.39, 0.29) is 0 Å². The van der Waals surface area contributed by atoms with Gasteiger partial charge in [-0.25, -0.2) is 0 Å². The Morgan fingerprint density at radius 2 is 2.29 bits per heavy atom. The van der Waals surface area contributed by atoms with E-state index in [9.17, 15) is 0 Å². The predicted molar refractivity (Wildman–Crippen MR) is 87.1 cm³/mol. The molecule has 4 heteroatoms. The van der Waals surface area contributed by atoms with Crippen molar-refractivity contribution in [2.75, 3.05) is 13.2 Å². The van der Waals surface area contributed by atoms with E-state index in [1.165, 1.54) is 18.4 Å². The van der Waals surface area contributed by atoms with E-state index in [4.69, 9.17) is 21.1 Å². The lowest BCUT2D eigenvalue weighted by molar-refractivity contribution is 0.0981. The summed E-state index contributed by atoms with van der Waals surface area (Å²) in [5.74, 6) is 0.775. The minimum absolute atomic E-state index is 0.438. The van der Waals surface area contributed by atoms with Gasteiger partial charge in [-0.05, 0) is 43.4 Å². The van der Waals surface area contributed by atoms with Crippen molar-refractivity contribution in [1.82, 2.24) is 5.32 Å². The van der Waals surface area contributed by atoms with E-state index in [2.05, 4.69) is 25.2 Å². The van der Waals surface area contributed by atoms with Crippen molar-refractivity contribution in [3.05, 3.63) is 28.8 Å². The molecule has 2 rings (SSSR count).